The molecule has 0 fully saturated rings. The lowest BCUT2D eigenvalue weighted by atomic mass is 9.93. The minimum atomic E-state index is -0.899. The molecule has 148 valence electrons. The second-order valence-corrected chi connectivity index (χ2v) is 8.05. The molecule has 0 aromatic heterocycles. The van der Waals surface area contributed by atoms with Crippen LogP contribution in [0.4, 0.5) is 0 Å². The molecule has 0 saturated heterocycles. The predicted octanol–water partition coefficient (Wildman–Crippen LogP) is 5.31. The molecular formula is C23H32O4. The Bertz CT molecular complexity index is 662. The summed E-state index contributed by atoms with van der Waals surface area (Å²) < 4.78 is 17.9. The molecule has 0 amide bonds. The molecule has 4 heteroatoms. The van der Waals surface area contributed by atoms with E-state index in [4.69, 9.17) is 14.2 Å². The molecule has 0 aliphatic carbocycles. The number of benzene rings is 1. The fourth-order valence-corrected chi connectivity index (χ4v) is 3.89. The van der Waals surface area contributed by atoms with E-state index in [-0.39, 0.29) is 18.2 Å². The van der Waals surface area contributed by atoms with Gasteiger partial charge in [0.2, 0.25) is 5.79 Å². The fraction of sp³-hybridized carbons (Fsp3) is 0.609. The van der Waals surface area contributed by atoms with Crippen LogP contribution >= 0.6 is 0 Å². The maximum atomic E-state index is 12.6. The highest BCUT2D eigenvalue weighted by molar-refractivity contribution is 5.91. The largest absolute Gasteiger partial charge is 0.456 e. The molecule has 2 atom stereocenters. The molecule has 1 aromatic rings. The first kappa shape index (κ1) is 19.9. The summed E-state index contributed by atoms with van der Waals surface area (Å²) in [6.45, 7) is 5.78. The Kier molecular flexibility index (Phi) is 6.59. The number of ether oxygens (including phenoxy) is 3. The van der Waals surface area contributed by atoms with Gasteiger partial charge in [0.15, 0.2) is 0 Å². The van der Waals surface area contributed by atoms with Crippen LogP contribution in [0, 0.1) is 0 Å². The van der Waals surface area contributed by atoms with E-state index in [1.54, 1.807) is 13.8 Å². The topological polar surface area (TPSA) is 44.8 Å². The number of carbonyl (C=O) groups is 1. The van der Waals surface area contributed by atoms with Crippen LogP contribution in [-0.4, -0.2) is 24.0 Å². The lowest BCUT2D eigenvalue weighted by Crippen LogP contribution is -2.44. The van der Waals surface area contributed by atoms with Crippen molar-refractivity contribution in [2.24, 2.45) is 0 Å². The molecule has 4 nitrogen and oxygen atoms in total. The smallest absolute Gasteiger partial charge is 0.343 e. The van der Waals surface area contributed by atoms with Gasteiger partial charge in [-0.05, 0) is 24.8 Å². The van der Waals surface area contributed by atoms with Gasteiger partial charge in [0.05, 0.1) is 12.2 Å². The Morgan fingerprint density at radius 2 is 1.81 bits per heavy atom. The van der Waals surface area contributed by atoms with Crippen LogP contribution in [0.3, 0.4) is 0 Å². The quantitative estimate of drug-likeness (QED) is 0.458. The lowest BCUT2D eigenvalue weighted by molar-refractivity contribution is -0.217. The van der Waals surface area contributed by atoms with Crippen molar-refractivity contribution in [1.82, 2.24) is 0 Å². The zero-order chi connectivity index (χ0) is 19.3. The average Bonchev–Trinajstić information content (AvgIpc) is 2.63. The van der Waals surface area contributed by atoms with Gasteiger partial charge >= 0.3 is 5.97 Å². The third-order valence-electron chi connectivity index (χ3n) is 5.24. The number of carbonyl (C=O) groups excluding carboxylic acids is 1. The summed E-state index contributed by atoms with van der Waals surface area (Å²) in [4.78, 5) is 12.6. The predicted molar refractivity (Wildman–Crippen MR) is 105 cm³/mol. The summed E-state index contributed by atoms with van der Waals surface area (Å²) >= 11 is 0. The zero-order valence-electron chi connectivity index (χ0n) is 16.8. The minimum Gasteiger partial charge on any atom is -0.456 e. The third kappa shape index (κ3) is 5.35. The Morgan fingerprint density at radius 1 is 1.04 bits per heavy atom. The van der Waals surface area contributed by atoms with Crippen LogP contribution in [0.15, 0.2) is 41.7 Å². The molecule has 3 rings (SSSR count). The molecule has 0 saturated carbocycles. The molecule has 0 radical (unpaired) electrons. The van der Waals surface area contributed by atoms with Crippen molar-refractivity contribution in [2.75, 3.05) is 0 Å². The van der Waals surface area contributed by atoms with E-state index in [0.717, 1.165) is 37.9 Å². The van der Waals surface area contributed by atoms with E-state index < -0.39 is 5.79 Å². The second-order valence-electron chi connectivity index (χ2n) is 8.05. The fourth-order valence-electron chi connectivity index (χ4n) is 3.89. The first-order valence-corrected chi connectivity index (χ1v) is 10.3. The molecular weight excluding hydrogens is 340 g/mol. The van der Waals surface area contributed by atoms with Crippen LogP contribution in [0.1, 0.15) is 71.3 Å². The van der Waals surface area contributed by atoms with E-state index in [1.165, 1.54) is 18.4 Å². The van der Waals surface area contributed by atoms with Gasteiger partial charge in [0, 0.05) is 20.3 Å². The number of esters is 1. The Balaban J connectivity index is 1.70. The van der Waals surface area contributed by atoms with Crippen molar-refractivity contribution in [2.45, 2.75) is 90.1 Å². The van der Waals surface area contributed by atoms with E-state index >= 15 is 0 Å². The summed E-state index contributed by atoms with van der Waals surface area (Å²) in [7, 11) is 0. The molecule has 2 heterocycles. The van der Waals surface area contributed by atoms with Crippen LogP contribution in [0.25, 0.3) is 0 Å². The molecule has 1 aromatic carbocycles. The number of cyclic esters (lactones) is 1. The number of unbranched alkanes of at least 4 members (excludes halogenated alkanes) is 3. The number of hydrogen-bond donors (Lipinski definition) is 0. The Hall–Kier alpha value is -1.81. The van der Waals surface area contributed by atoms with Crippen molar-refractivity contribution in [3.05, 3.63) is 47.2 Å². The first-order valence-electron chi connectivity index (χ1n) is 10.3. The highest BCUT2D eigenvalue weighted by Crippen LogP contribution is 2.38. The number of hydrogen-bond acceptors (Lipinski definition) is 4. The van der Waals surface area contributed by atoms with E-state index in [2.05, 4.69) is 31.2 Å². The van der Waals surface area contributed by atoms with Crippen molar-refractivity contribution in [3.8, 4) is 0 Å². The van der Waals surface area contributed by atoms with Gasteiger partial charge in [-0.25, -0.2) is 4.79 Å². The van der Waals surface area contributed by atoms with Crippen LogP contribution in [0.5, 0.6) is 0 Å². The molecule has 0 N–H and O–H groups in total. The van der Waals surface area contributed by atoms with Gasteiger partial charge < -0.3 is 14.2 Å². The van der Waals surface area contributed by atoms with Gasteiger partial charge in [-0.3, -0.25) is 0 Å². The van der Waals surface area contributed by atoms with Crippen molar-refractivity contribution >= 4 is 5.97 Å². The number of rotatable bonds is 8. The summed E-state index contributed by atoms with van der Waals surface area (Å²) in [6, 6.07) is 10.5. The molecule has 2 aliphatic rings. The van der Waals surface area contributed by atoms with Gasteiger partial charge in [-0.2, -0.15) is 0 Å². The monoisotopic (exact) mass is 372 g/mol. The van der Waals surface area contributed by atoms with Crippen molar-refractivity contribution < 1.29 is 19.0 Å². The summed E-state index contributed by atoms with van der Waals surface area (Å²) in [5.74, 6) is -0.395. The van der Waals surface area contributed by atoms with E-state index in [9.17, 15) is 4.79 Å². The van der Waals surface area contributed by atoms with Gasteiger partial charge in [-0.1, -0.05) is 62.9 Å². The maximum Gasteiger partial charge on any atom is 0.343 e. The SMILES string of the molecule is CCCCCC[C@H]1O[C@@H](CCc2ccccc2)CC2=C1C(=O)OC(C)(C)O2. The van der Waals surface area contributed by atoms with E-state index in [1.807, 2.05) is 6.07 Å². The highest BCUT2D eigenvalue weighted by Gasteiger charge is 2.43. The van der Waals surface area contributed by atoms with Crippen molar-refractivity contribution in [3.63, 3.8) is 0 Å². The third-order valence-corrected chi connectivity index (χ3v) is 5.24. The normalized spacial score (nSPS) is 24.2. The molecule has 2 aliphatic heterocycles. The van der Waals surface area contributed by atoms with E-state index in [0.29, 0.717) is 12.0 Å². The van der Waals surface area contributed by atoms with Crippen LogP contribution in [-0.2, 0) is 25.4 Å². The highest BCUT2D eigenvalue weighted by atomic mass is 16.7. The lowest BCUT2D eigenvalue weighted by Gasteiger charge is -2.40. The first-order chi connectivity index (χ1) is 13.0. The number of aryl methyl sites for hydroxylation is 1. The van der Waals surface area contributed by atoms with Gasteiger partial charge in [0.1, 0.15) is 11.3 Å². The second kappa shape index (κ2) is 8.92. The molecule has 0 unspecified atom stereocenters. The summed E-state index contributed by atoms with van der Waals surface area (Å²) in [6.07, 6.45) is 7.85. The Labute approximate surface area is 162 Å². The Morgan fingerprint density at radius 3 is 2.56 bits per heavy atom. The summed E-state index contributed by atoms with van der Waals surface area (Å²) in [5.41, 5.74) is 1.92. The maximum absolute atomic E-state index is 12.6. The molecule has 0 bridgehead atoms. The van der Waals surface area contributed by atoms with Gasteiger partial charge in [0.25, 0.3) is 0 Å². The molecule has 0 spiro atoms. The molecule has 27 heavy (non-hydrogen) atoms. The van der Waals surface area contributed by atoms with Crippen molar-refractivity contribution in [1.29, 1.82) is 0 Å². The minimum absolute atomic E-state index is 0.0711. The standard InChI is InChI=1S/C23H32O4/c1-4-5-6-10-13-19-21-20(26-23(2,3)27-22(21)24)16-18(25-19)15-14-17-11-8-7-9-12-17/h7-9,11-12,18-19H,4-6,10,13-16H2,1-3H3/t18-,19+/m0/s1. The van der Waals surface area contributed by atoms with Crippen LogP contribution in [0.2, 0.25) is 0 Å². The summed E-state index contributed by atoms with van der Waals surface area (Å²) in [5, 5.41) is 0. The zero-order valence-corrected chi connectivity index (χ0v) is 16.8. The average molecular weight is 373 g/mol. The van der Waals surface area contributed by atoms with Crippen LogP contribution < -0.4 is 0 Å². The van der Waals surface area contributed by atoms with Gasteiger partial charge in [-0.15, -0.1) is 0 Å².